The zero-order valence-electron chi connectivity index (χ0n) is 14.1. The average molecular weight is 315 g/mol. The van der Waals surface area contributed by atoms with Crippen molar-refractivity contribution in [3.63, 3.8) is 0 Å². The molecule has 2 aromatic rings. The lowest BCUT2D eigenvalue weighted by Gasteiger charge is -2.13. The maximum Gasteiger partial charge on any atom is 0.311 e. The van der Waals surface area contributed by atoms with Crippen LogP contribution in [0.15, 0.2) is 22.7 Å². The highest BCUT2D eigenvalue weighted by atomic mass is 16.5. The summed E-state index contributed by atoms with van der Waals surface area (Å²) in [4.78, 5) is 24.4. The van der Waals surface area contributed by atoms with E-state index in [1.165, 1.54) is 0 Å². The van der Waals surface area contributed by atoms with Gasteiger partial charge in [-0.1, -0.05) is 17.3 Å². The summed E-state index contributed by atoms with van der Waals surface area (Å²) in [5, 5.41) is 3.80. The predicted octanol–water partition coefficient (Wildman–Crippen LogP) is 3.27. The van der Waals surface area contributed by atoms with Crippen molar-refractivity contribution in [1.29, 1.82) is 0 Å². The Balaban J connectivity index is 2.03. The van der Waals surface area contributed by atoms with E-state index in [1.54, 1.807) is 26.8 Å². The van der Waals surface area contributed by atoms with Gasteiger partial charge in [0.1, 0.15) is 5.76 Å². The van der Waals surface area contributed by atoms with Crippen molar-refractivity contribution in [2.75, 3.05) is 0 Å². The van der Waals surface area contributed by atoms with Gasteiger partial charge in [0.05, 0.1) is 12.1 Å². The monoisotopic (exact) mass is 315 g/mol. The van der Waals surface area contributed by atoms with Gasteiger partial charge in [0, 0.05) is 11.1 Å². The number of nitrogens with zero attached hydrogens (tertiary/aromatic N) is 1. The van der Waals surface area contributed by atoms with E-state index in [9.17, 15) is 9.59 Å². The Kier molecular flexibility index (Phi) is 4.98. The van der Waals surface area contributed by atoms with Crippen molar-refractivity contribution < 1.29 is 18.8 Å². The molecule has 0 saturated heterocycles. The van der Waals surface area contributed by atoms with E-state index in [2.05, 4.69) is 5.16 Å². The van der Waals surface area contributed by atoms with Gasteiger partial charge in [-0.15, -0.1) is 0 Å². The number of benzene rings is 1. The maximum atomic E-state index is 12.4. The van der Waals surface area contributed by atoms with E-state index >= 15 is 0 Å². The number of rotatable bonds is 5. The molecule has 0 saturated carbocycles. The zero-order chi connectivity index (χ0) is 17.1. The lowest BCUT2D eigenvalue weighted by molar-refractivity contribution is -0.145. The molecule has 1 aromatic carbocycles. The summed E-state index contributed by atoms with van der Waals surface area (Å²) in [6.45, 7) is 9.02. The number of aryl methyl sites for hydroxylation is 4. The van der Waals surface area contributed by atoms with Crippen LogP contribution in [-0.4, -0.2) is 23.0 Å². The van der Waals surface area contributed by atoms with Gasteiger partial charge < -0.3 is 9.26 Å². The fraction of sp³-hybridized carbons (Fsp3) is 0.389. The Morgan fingerprint density at radius 3 is 2.43 bits per heavy atom. The smallest absolute Gasteiger partial charge is 0.311 e. The van der Waals surface area contributed by atoms with Crippen LogP contribution in [0.3, 0.4) is 0 Å². The molecule has 0 aliphatic heterocycles. The first kappa shape index (κ1) is 16.9. The lowest BCUT2D eigenvalue weighted by Crippen LogP contribution is -2.25. The van der Waals surface area contributed by atoms with Gasteiger partial charge in [-0.2, -0.15) is 0 Å². The summed E-state index contributed by atoms with van der Waals surface area (Å²) >= 11 is 0. The van der Waals surface area contributed by atoms with E-state index in [1.807, 2.05) is 26.0 Å². The minimum Gasteiger partial charge on any atom is -0.454 e. The van der Waals surface area contributed by atoms with Crippen LogP contribution in [-0.2, 0) is 16.0 Å². The van der Waals surface area contributed by atoms with Crippen molar-refractivity contribution in [3.05, 3.63) is 51.9 Å². The SMILES string of the molecule is Cc1ccc(C(=O)[C@H](C)OC(=O)Cc2c(C)noc2C)cc1C. The van der Waals surface area contributed by atoms with Crippen molar-refractivity contribution in [1.82, 2.24) is 5.16 Å². The molecule has 23 heavy (non-hydrogen) atoms. The van der Waals surface area contributed by atoms with E-state index in [0.717, 1.165) is 11.1 Å². The maximum absolute atomic E-state index is 12.4. The molecule has 1 aromatic heterocycles. The topological polar surface area (TPSA) is 69.4 Å². The Labute approximate surface area is 135 Å². The largest absolute Gasteiger partial charge is 0.454 e. The molecule has 2 rings (SSSR count). The molecule has 0 fully saturated rings. The van der Waals surface area contributed by atoms with Gasteiger partial charge in [-0.05, 0) is 51.8 Å². The van der Waals surface area contributed by atoms with Crippen LogP contribution in [0.25, 0.3) is 0 Å². The molecule has 0 aliphatic rings. The summed E-state index contributed by atoms with van der Waals surface area (Å²) in [5.74, 6) is -0.0862. The minimum absolute atomic E-state index is 0.0473. The molecule has 0 aliphatic carbocycles. The number of esters is 1. The first-order chi connectivity index (χ1) is 10.8. The molecule has 0 N–H and O–H groups in total. The molecular weight excluding hydrogens is 294 g/mol. The van der Waals surface area contributed by atoms with Crippen LogP contribution in [0.1, 0.15) is 45.4 Å². The number of hydrogen-bond donors (Lipinski definition) is 0. The van der Waals surface area contributed by atoms with Gasteiger partial charge in [-0.25, -0.2) is 0 Å². The first-order valence-electron chi connectivity index (χ1n) is 7.52. The number of carbonyl (C=O) groups excluding carboxylic acids is 2. The minimum atomic E-state index is -0.829. The quantitative estimate of drug-likeness (QED) is 0.625. The Morgan fingerprint density at radius 1 is 1.17 bits per heavy atom. The highest BCUT2D eigenvalue weighted by Crippen LogP contribution is 2.16. The average Bonchev–Trinajstić information content (AvgIpc) is 2.81. The third-order valence-electron chi connectivity index (χ3n) is 3.97. The second kappa shape index (κ2) is 6.77. The summed E-state index contributed by atoms with van der Waals surface area (Å²) in [6, 6.07) is 5.46. The molecule has 0 radical (unpaired) electrons. The van der Waals surface area contributed by atoms with Gasteiger partial charge in [0.25, 0.3) is 0 Å². The molecule has 1 heterocycles. The second-order valence-corrected chi connectivity index (χ2v) is 5.77. The third kappa shape index (κ3) is 3.86. The van der Waals surface area contributed by atoms with E-state index in [0.29, 0.717) is 22.6 Å². The van der Waals surface area contributed by atoms with Crippen molar-refractivity contribution in [3.8, 4) is 0 Å². The number of hydrogen-bond acceptors (Lipinski definition) is 5. The molecule has 1 atom stereocenters. The van der Waals surface area contributed by atoms with Gasteiger partial charge in [0.15, 0.2) is 6.10 Å². The zero-order valence-corrected chi connectivity index (χ0v) is 14.1. The number of carbonyl (C=O) groups is 2. The highest BCUT2D eigenvalue weighted by molar-refractivity contribution is 6.00. The normalized spacial score (nSPS) is 12.0. The number of Topliss-reactive ketones (excluding diaryl/α,β-unsaturated/α-hetero) is 1. The first-order valence-corrected chi connectivity index (χ1v) is 7.52. The molecular formula is C18H21NO4. The van der Waals surface area contributed by atoms with Crippen LogP contribution >= 0.6 is 0 Å². The van der Waals surface area contributed by atoms with Crippen molar-refractivity contribution in [2.45, 2.75) is 47.1 Å². The Hall–Kier alpha value is -2.43. The van der Waals surface area contributed by atoms with E-state index in [-0.39, 0.29) is 12.2 Å². The molecule has 5 nitrogen and oxygen atoms in total. The second-order valence-electron chi connectivity index (χ2n) is 5.77. The van der Waals surface area contributed by atoms with Gasteiger partial charge in [0.2, 0.25) is 5.78 Å². The van der Waals surface area contributed by atoms with E-state index in [4.69, 9.17) is 9.26 Å². The molecule has 0 unspecified atom stereocenters. The van der Waals surface area contributed by atoms with Crippen LogP contribution in [0.5, 0.6) is 0 Å². The molecule has 5 heteroatoms. The van der Waals surface area contributed by atoms with Crippen LogP contribution < -0.4 is 0 Å². The highest BCUT2D eigenvalue weighted by Gasteiger charge is 2.22. The third-order valence-corrected chi connectivity index (χ3v) is 3.97. The summed E-state index contributed by atoms with van der Waals surface area (Å²) in [7, 11) is 0. The molecule has 0 spiro atoms. The number of ketones is 1. The standard InChI is InChI=1S/C18H21NO4/c1-10-6-7-15(8-11(10)2)18(21)14(5)22-17(20)9-16-12(3)19-23-13(16)4/h6-8,14H,9H2,1-5H3/t14-/m0/s1. The number of aromatic nitrogens is 1. The lowest BCUT2D eigenvalue weighted by atomic mass is 10.0. The molecule has 0 amide bonds. The van der Waals surface area contributed by atoms with Crippen LogP contribution in [0.4, 0.5) is 0 Å². The van der Waals surface area contributed by atoms with Crippen molar-refractivity contribution >= 4 is 11.8 Å². The van der Waals surface area contributed by atoms with Crippen LogP contribution in [0.2, 0.25) is 0 Å². The summed E-state index contributed by atoms with van der Waals surface area (Å²) < 4.78 is 10.3. The number of ether oxygens (including phenoxy) is 1. The Bertz CT molecular complexity index is 726. The fourth-order valence-corrected chi connectivity index (χ4v) is 2.32. The van der Waals surface area contributed by atoms with Gasteiger partial charge >= 0.3 is 5.97 Å². The summed E-state index contributed by atoms with van der Waals surface area (Å²) in [6.07, 6.45) is -0.781. The molecule has 122 valence electrons. The fourth-order valence-electron chi connectivity index (χ4n) is 2.32. The molecule has 0 bridgehead atoms. The van der Waals surface area contributed by atoms with Crippen LogP contribution in [0, 0.1) is 27.7 Å². The van der Waals surface area contributed by atoms with Crippen molar-refractivity contribution in [2.24, 2.45) is 0 Å². The van der Waals surface area contributed by atoms with Gasteiger partial charge in [-0.3, -0.25) is 9.59 Å². The predicted molar refractivity (Wildman–Crippen MR) is 85.5 cm³/mol. The Morgan fingerprint density at radius 2 is 1.87 bits per heavy atom. The summed E-state index contributed by atoms with van der Waals surface area (Å²) in [5.41, 5.74) is 4.06. The van der Waals surface area contributed by atoms with E-state index < -0.39 is 12.1 Å².